The molecule has 5 aromatic rings. The molecule has 1 aliphatic rings. The van der Waals surface area contributed by atoms with E-state index in [4.69, 9.17) is 0 Å². The zero-order valence-corrected chi connectivity index (χ0v) is 24.9. The lowest BCUT2D eigenvalue weighted by Gasteiger charge is -2.29. The normalized spacial score (nSPS) is 17.0. The molecule has 0 radical (unpaired) electrons. The van der Waals surface area contributed by atoms with Crippen molar-refractivity contribution >= 4 is 22.6 Å². The predicted molar refractivity (Wildman–Crippen MR) is 178 cm³/mol. The molecular weight excluding hydrogens is 542 g/mol. The Morgan fingerprint density at radius 1 is 0.773 bits per heavy atom. The van der Waals surface area contributed by atoms with E-state index in [2.05, 4.69) is 71.3 Å². The van der Waals surface area contributed by atoms with Crippen LogP contribution in [-0.2, 0) is 11.2 Å². The lowest BCUT2D eigenvalue weighted by atomic mass is 9.90. The van der Waals surface area contributed by atoms with Gasteiger partial charge in [-0.15, -0.1) is 0 Å². The number of aryl methyl sites for hydroxylation is 1. The van der Waals surface area contributed by atoms with Gasteiger partial charge in [-0.2, -0.15) is 0 Å². The number of benzene rings is 5. The monoisotopic (exact) mass is 581 g/mol. The highest BCUT2D eigenvalue weighted by Gasteiger charge is 2.32. The van der Waals surface area contributed by atoms with Crippen molar-refractivity contribution in [2.45, 2.75) is 37.3 Å². The van der Waals surface area contributed by atoms with Crippen LogP contribution in [0, 0.1) is 0 Å². The molecule has 1 fully saturated rings. The summed E-state index contributed by atoms with van der Waals surface area (Å²) in [5.74, 6) is 0.0977. The molecule has 0 bridgehead atoms. The van der Waals surface area contributed by atoms with E-state index in [9.17, 15) is 9.59 Å². The number of fused-ring (bicyclic) bond motifs is 1. The molecule has 1 aliphatic heterocycles. The van der Waals surface area contributed by atoms with Crippen LogP contribution in [0.1, 0.15) is 45.8 Å². The molecule has 0 aliphatic carbocycles. The van der Waals surface area contributed by atoms with E-state index < -0.39 is 0 Å². The second-order valence-electron chi connectivity index (χ2n) is 11.7. The molecule has 5 heteroatoms. The minimum Gasteiger partial charge on any atom is -0.350 e. The molecule has 0 spiro atoms. The quantitative estimate of drug-likeness (QED) is 0.196. The van der Waals surface area contributed by atoms with Gasteiger partial charge in [0.25, 0.3) is 5.91 Å². The first-order valence-corrected chi connectivity index (χ1v) is 15.6. The first kappa shape index (κ1) is 29.3. The number of hydrogen-bond donors (Lipinski definition) is 2. The number of carbonyl (C=O) groups is 2. The minimum absolute atomic E-state index is 0.0268. The van der Waals surface area contributed by atoms with Crippen LogP contribution < -0.4 is 10.6 Å². The van der Waals surface area contributed by atoms with Crippen molar-refractivity contribution in [2.24, 2.45) is 0 Å². The van der Waals surface area contributed by atoms with Crippen LogP contribution in [-0.4, -0.2) is 48.4 Å². The Bertz CT molecular complexity index is 1630. The van der Waals surface area contributed by atoms with Crippen LogP contribution in [0.2, 0.25) is 0 Å². The average Bonchev–Trinajstić information content (AvgIpc) is 3.23. The molecule has 2 N–H and O–H groups in total. The van der Waals surface area contributed by atoms with Crippen LogP contribution in [0.5, 0.6) is 0 Å². The van der Waals surface area contributed by atoms with E-state index in [1.54, 1.807) is 0 Å². The standard InChI is InChI=1S/C39H39N3O2/c43-38(34-22-21-30-14-10-11-19-33(30)26-34)40-27-35-24-25-42(39(44)37(41-35)23-20-29-12-4-1-5-13-29)28-36(31-15-6-2-7-16-31)32-17-8-3-9-18-32/h1-19,21-22,26,35-37,41H,20,23-25,27-28H2,(H,40,43)/t35-,37-/m1/s1. The smallest absolute Gasteiger partial charge is 0.251 e. The molecule has 1 saturated heterocycles. The molecule has 2 atom stereocenters. The molecule has 0 unspecified atom stereocenters. The Morgan fingerprint density at radius 2 is 1.39 bits per heavy atom. The van der Waals surface area contributed by atoms with E-state index in [1.165, 1.54) is 16.7 Å². The summed E-state index contributed by atoms with van der Waals surface area (Å²) in [7, 11) is 0. The number of hydrogen-bond acceptors (Lipinski definition) is 3. The number of nitrogens with zero attached hydrogens (tertiary/aromatic N) is 1. The van der Waals surface area contributed by atoms with Crippen molar-refractivity contribution in [3.63, 3.8) is 0 Å². The van der Waals surface area contributed by atoms with Crippen LogP contribution in [0.15, 0.2) is 133 Å². The van der Waals surface area contributed by atoms with Crippen molar-refractivity contribution < 1.29 is 9.59 Å². The van der Waals surface area contributed by atoms with E-state index >= 15 is 0 Å². The summed E-state index contributed by atoms with van der Waals surface area (Å²) in [4.78, 5) is 29.4. The number of carbonyl (C=O) groups excluding carboxylic acids is 2. The van der Waals surface area contributed by atoms with Crippen molar-refractivity contribution in [2.75, 3.05) is 19.6 Å². The van der Waals surface area contributed by atoms with E-state index in [0.29, 0.717) is 31.6 Å². The first-order chi connectivity index (χ1) is 21.6. The van der Waals surface area contributed by atoms with Gasteiger partial charge in [0.15, 0.2) is 0 Å². The fourth-order valence-corrected chi connectivity index (χ4v) is 6.23. The number of amides is 2. The zero-order valence-electron chi connectivity index (χ0n) is 24.9. The SMILES string of the molecule is O=C(NC[C@H]1CCN(CC(c2ccccc2)c2ccccc2)C(=O)[C@@H](CCc2ccccc2)N1)c1ccc2ccccc2c1. The van der Waals surface area contributed by atoms with Crippen molar-refractivity contribution in [3.8, 4) is 0 Å². The van der Waals surface area contributed by atoms with Crippen molar-refractivity contribution in [1.29, 1.82) is 0 Å². The summed E-state index contributed by atoms with van der Waals surface area (Å²) >= 11 is 0. The highest BCUT2D eigenvalue weighted by atomic mass is 16.2. The molecular formula is C39H39N3O2. The first-order valence-electron chi connectivity index (χ1n) is 15.6. The Hall–Kier alpha value is -4.74. The van der Waals surface area contributed by atoms with Gasteiger partial charge in [-0.05, 0) is 58.9 Å². The highest BCUT2D eigenvalue weighted by Crippen LogP contribution is 2.27. The van der Waals surface area contributed by atoms with Crippen LogP contribution >= 0.6 is 0 Å². The Balaban J connectivity index is 1.19. The molecule has 222 valence electrons. The molecule has 1 heterocycles. The van der Waals surface area contributed by atoms with Crippen LogP contribution in [0.25, 0.3) is 10.8 Å². The maximum absolute atomic E-state index is 14.2. The third-order valence-electron chi connectivity index (χ3n) is 8.69. The summed E-state index contributed by atoms with van der Waals surface area (Å²) in [6.07, 6.45) is 2.24. The van der Waals surface area contributed by atoms with Gasteiger partial charge in [-0.3, -0.25) is 9.59 Å². The third-order valence-corrected chi connectivity index (χ3v) is 8.69. The molecule has 44 heavy (non-hydrogen) atoms. The fourth-order valence-electron chi connectivity index (χ4n) is 6.23. The van der Waals surface area contributed by atoms with Gasteiger partial charge in [0.2, 0.25) is 5.91 Å². The summed E-state index contributed by atoms with van der Waals surface area (Å²) in [5, 5.41) is 8.95. The second kappa shape index (κ2) is 14.2. The summed E-state index contributed by atoms with van der Waals surface area (Å²) in [6.45, 7) is 1.68. The largest absolute Gasteiger partial charge is 0.350 e. The highest BCUT2D eigenvalue weighted by molar-refractivity contribution is 5.98. The lowest BCUT2D eigenvalue weighted by Crippen LogP contribution is -2.49. The Kier molecular flexibility index (Phi) is 9.44. The minimum atomic E-state index is -0.340. The second-order valence-corrected chi connectivity index (χ2v) is 11.7. The van der Waals surface area contributed by atoms with Gasteiger partial charge in [0, 0.05) is 37.2 Å². The van der Waals surface area contributed by atoms with Crippen molar-refractivity contribution in [1.82, 2.24) is 15.5 Å². The average molecular weight is 582 g/mol. The fraction of sp³-hybridized carbons (Fsp3) is 0.231. The third kappa shape index (κ3) is 7.24. The van der Waals surface area contributed by atoms with Crippen LogP contribution in [0.4, 0.5) is 0 Å². The van der Waals surface area contributed by atoms with Gasteiger partial charge in [0.1, 0.15) is 0 Å². The summed E-state index contributed by atoms with van der Waals surface area (Å²) in [5.41, 5.74) is 4.25. The van der Waals surface area contributed by atoms with Gasteiger partial charge in [-0.25, -0.2) is 0 Å². The lowest BCUT2D eigenvalue weighted by molar-refractivity contribution is -0.133. The maximum atomic E-state index is 14.2. The van der Waals surface area contributed by atoms with Crippen molar-refractivity contribution in [3.05, 3.63) is 156 Å². The Morgan fingerprint density at radius 3 is 2.07 bits per heavy atom. The molecule has 0 saturated carbocycles. The van der Waals surface area contributed by atoms with E-state index in [1.807, 2.05) is 77.7 Å². The summed E-state index contributed by atoms with van der Waals surface area (Å²) < 4.78 is 0. The van der Waals surface area contributed by atoms with E-state index in [-0.39, 0.29) is 29.8 Å². The molecule has 6 rings (SSSR count). The van der Waals surface area contributed by atoms with E-state index in [0.717, 1.165) is 23.6 Å². The molecule has 5 aromatic carbocycles. The maximum Gasteiger partial charge on any atom is 0.251 e. The molecule has 0 aromatic heterocycles. The summed E-state index contributed by atoms with van der Waals surface area (Å²) in [6, 6.07) is 44.7. The number of nitrogens with one attached hydrogen (secondary N) is 2. The zero-order chi connectivity index (χ0) is 30.1. The topological polar surface area (TPSA) is 61.4 Å². The predicted octanol–water partition coefficient (Wildman–Crippen LogP) is 6.59. The number of rotatable bonds is 10. The van der Waals surface area contributed by atoms with Gasteiger partial charge in [-0.1, -0.05) is 121 Å². The van der Waals surface area contributed by atoms with Gasteiger partial charge < -0.3 is 15.5 Å². The van der Waals surface area contributed by atoms with Gasteiger partial charge >= 0.3 is 0 Å². The van der Waals surface area contributed by atoms with Gasteiger partial charge in [0.05, 0.1) is 6.04 Å². The molecule has 2 amide bonds. The van der Waals surface area contributed by atoms with Crippen LogP contribution in [0.3, 0.4) is 0 Å². The Labute approximate surface area is 259 Å². The molecule has 5 nitrogen and oxygen atoms in total.